The van der Waals surface area contributed by atoms with E-state index in [1.807, 2.05) is 6.92 Å². The number of benzene rings is 2. The van der Waals surface area contributed by atoms with Gasteiger partial charge in [0.15, 0.2) is 5.03 Å². The molecule has 4 N–H and O–H groups in total. The summed E-state index contributed by atoms with van der Waals surface area (Å²) in [4.78, 5) is 46.1. The number of rotatable bonds is 10. The topological polar surface area (TPSA) is 174 Å². The predicted molar refractivity (Wildman–Crippen MR) is 145 cm³/mol. The van der Waals surface area contributed by atoms with E-state index >= 15 is 4.39 Å². The molecule has 14 heteroatoms. The first kappa shape index (κ1) is 28.1. The van der Waals surface area contributed by atoms with Crippen molar-refractivity contribution in [2.45, 2.75) is 31.5 Å². The Labute approximate surface area is 229 Å². The van der Waals surface area contributed by atoms with Crippen LogP contribution in [-0.4, -0.2) is 64.9 Å². The summed E-state index contributed by atoms with van der Waals surface area (Å²) >= 11 is 0. The minimum atomic E-state index is -1.89. The van der Waals surface area contributed by atoms with Crippen LogP contribution >= 0.6 is 0 Å². The number of nitrogens with one attached hydrogen (secondary N) is 3. The van der Waals surface area contributed by atoms with Crippen LogP contribution in [0.15, 0.2) is 46.3 Å². The molecule has 2 heterocycles. The van der Waals surface area contributed by atoms with Gasteiger partial charge in [-0.05, 0) is 49.2 Å². The van der Waals surface area contributed by atoms with Crippen LogP contribution in [0, 0.1) is 32.0 Å². The molecule has 4 rings (SSSR count). The molecule has 2 aromatic heterocycles. The van der Waals surface area contributed by atoms with Crippen LogP contribution in [0.2, 0.25) is 0 Å². The average molecular weight is 566 g/mol. The Morgan fingerprint density at radius 3 is 2.75 bits per heavy atom. The number of H-pyrrole nitrogens is 2. The lowest BCUT2D eigenvalue weighted by Gasteiger charge is -2.27. The highest BCUT2D eigenvalue weighted by Crippen LogP contribution is 2.28. The number of fused-ring (bicyclic) bond motifs is 1. The maximum Gasteiger partial charge on any atom is 0.327 e. The van der Waals surface area contributed by atoms with Crippen molar-refractivity contribution in [1.29, 1.82) is 0 Å². The molecular formula is C26H24FN7O5S. The third-order valence-electron chi connectivity index (χ3n) is 6.02. The predicted octanol–water partition coefficient (Wildman–Crippen LogP) is 1.43. The van der Waals surface area contributed by atoms with Crippen LogP contribution in [0.4, 0.5) is 10.1 Å². The Balaban J connectivity index is 1.67. The van der Waals surface area contributed by atoms with E-state index in [0.29, 0.717) is 22.3 Å². The van der Waals surface area contributed by atoms with Crippen LogP contribution in [0.3, 0.4) is 0 Å². The Hall–Kier alpha value is -4.90. The summed E-state index contributed by atoms with van der Waals surface area (Å²) in [6.07, 6.45) is 6.76. The van der Waals surface area contributed by atoms with Gasteiger partial charge in [-0.3, -0.25) is 13.8 Å². The number of para-hydroxylation sites is 1. The van der Waals surface area contributed by atoms with Crippen LogP contribution in [0.25, 0.3) is 10.9 Å². The van der Waals surface area contributed by atoms with E-state index in [1.165, 1.54) is 23.2 Å². The Morgan fingerprint density at radius 2 is 2.08 bits per heavy atom. The zero-order valence-electron chi connectivity index (χ0n) is 21.4. The van der Waals surface area contributed by atoms with Crippen LogP contribution in [0.5, 0.6) is 0 Å². The lowest BCUT2D eigenvalue weighted by atomic mass is 10.0. The molecule has 0 radical (unpaired) electrons. The number of aliphatic carboxylic acids is 1. The number of carbonyl (C=O) groups is 2. The summed E-state index contributed by atoms with van der Waals surface area (Å²) in [5.74, 6) is -0.698. The van der Waals surface area contributed by atoms with Crippen LogP contribution in [0.1, 0.15) is 27.3 Å². The van der Waals surface area contributed by atoms with E-state index in [9.17, 15) is 23.7 Å². The second-order valence-electron chi connectivity index (χ2n) is 8.83. The van der Waals surface area contributed by atoms with Gasteiger partial charge in [0.25, 0.3) is 11.5 Å². The minimum Gasteiger partial charge on any atom is -0.480 e. The number of aromatic amines is 2. The standard InChI is InChI=1S/C26H24FN7O5S/c1-4-8-34(12-16-10-18-20(9-14(16)2)29-15(3)30-25(18)36)23-17(6-5-7-19(23)27)24(35)31-21(26(37)38)13-40(39)22-11-28-33-32-22/h1,5-7,9-11,21H,8,12-13H2,2-3H3,(H,31,35)(H,37,38)(H,28,32,33)(H,29,30,36). The molecule has 2 unspecified atom stereocenters. The number of carboxylic acid groups (broad SMARTS) is 1. The summed E-state index contributed by atoms with van der Waals surface area (Å²) in [6.45, 7) is 3.39. The quantitative estimate of drug-likeness (QED) is 0.207. The number of aromatic nitrogens is 5. The SMILES string of the molecule is C#CCN(Cc1cc2c(=O)[nH]c(C)nc2cc1C)c1c(F)cccc1C(=O)NC(CS(=O)c1cn[nH]n1)C(=O)O. The van der Waals surface area contributed by atoms with Gasteiger partial charge in [-0.25, -0.2) is 14.2 Å². The number of amides is 1. The molecule has 1 amide bonds. The lowest BCUT2D eigenvalue weighted by molar-refractivity contribution is -0.138. The molecule has 40 heavy (non-hydrogen) atoms. The summed E-state index contributed by atoms with van der Waals surface area (Å²) in [6, 6.07) is 5.58. The van der Waals surface area contributed by atoms with Gasteiger partial charge in [0.2, 0.25) is 0 Å². The number of anilines is 1. The zero-order chi connectivity index (χ0) is 29.0. The number of carbonyl (C=O) groups excluding carboxylic acids is 1. The first-order valence-electron chi connectivity index (χ1n) is 11.8. The van der Waals surface area contributed by atoms with Gasteiger partial charge in [0.1, 0.15) is 17.7 Å². The van der Waals surface area contributed by atoms with Gasteiger partial charge >= 0.3 is 5.97 Å². The van der Waals surface area contributed by atoms with Crippen molar-refractivity contribution in [1.82, 2.24) is 30.7 Å². The van der Waals surface area contributed by atoms with Crippen molar-refractivity contribution in [3.05, 3.63) is 75.2 Å². The maximum absolute atomic E-state index is 15.3. The molecule has 4 aromatic rings. The molecule has 0 saturated carbocycles. The molecule has 12 nitrogen and oxygen atoms in total. The minimum absolute atomic E-state index is 0.0158. The monoisotopic (exact) mass is 565 g/mol. The summed E-state index contributed by atoms with van der Waals surface area (Å²) < 4.78 is 27.8. The number of terminal acetylenes is 1. The maximum atomic E-state index is 15.3. The highest BCUT2D eigenvalue weighted by atomic mass is 32.2. The van der Waals surface area contributed by atoms with Gasteiger partial charge in [-0.15, -0.1) is 11.5 Å². The van der Waals surface area contributed by atoms with Gasteiger partial charge in [0.05, 0.1) is 51.4 Å². The van der Waals surface area contributed by atoms with Crippen LogP contribution in [-0.2, 0) is 22.1 Å². The normalized spacial score (nSPS) is 12.4. The average Bonchev–Trinajstić information content (AvgIpc) is 3.44. The van der Waals surface area contributed by atoms with Crippen molar-refractivity contribution >= 4 is 39.3 Å². The van der Waals surface area contributed by atoms with E-state index in [2.05, 4.69) is 36.6 Å². The fourth-order valence-electron chi connectivity index (χ4n) is 4.12. The second kappa shape index (κ2) is 11.9. The van der Waals surface area contributed by atoms with Gasteiger partial charge in [-0.1, -0.05) is 12.0 Å². The molecule has 2 atom stereocenters. The summed E-state index contributed by atoms with van der Waals surface area (Å²) in [7, 11) is -1.89. The van der Waals surface area contributed by atoms with Gasteiger partial charge in [0, 0.05) is 6.54 Å². The number of aryl methyl sites for hydroxylation is 2. The largest absolute Gasteiger partial charge is 0.480 e. The number of nitrogens with zero attached hydrogens (tertiary/aromatic N) is 4. The van der Waals surface area contributed by atoms with E-state index < -0.39 is 40.3 Å². The smallest absolute Gasteiger partial charge is 0.327 e. The van der Waals surface area contributed by atoms with Gasteiger partial charge < -0.3 is 20.3 Å². The zero-order valence-corrected chi connectivity index (χ0v) is 22.2. The van der Waals surface area contributed by atoms with Crippen molar-refractivity contribution in [3.8, 4) is 12.3 Å². The first-order valence-corrected chi connectivity index (χ1v) is 13.2. The first-order chi connectivity index (χ1) is 19.1. The molecule has 206 valence electrons. The van der Waals surface area contributed by atoms with E-state index in [-0.39, 0.29) is 34.9 Å². The highest BCUT2D eigenvalue weighted by Gasteiger charge is 2.28. The molecule has 0 aliphatic carbocycles. The lowest BCUT2D eigenvalue weighted by Crippen LogP contribution is -2.45. The van der Waals surface area contributed by atoms with E-state index in [4.69, 9.17) is 6.42 Å². The van der Waals surface area contributed by atoms with Gasteiger partial charge in [-0.2, -0.15) is 10.3 Å². The molecule has 0 bridgehead atoms. The number of carboxylic acids is 1. The number of hydrogen-bond acceptors (Lipinski definition) is 8. The highest BCUT2D eigenvalue weighted by molar-refractivity contribution is 7.85. The van der Waals surface area contributed by atoms with Crippen molar-refractivity contribution < 1.29 is 23.3 Å². The van der Waals surface area contributed by atoms with E-state index in [0.717, 1.165) is 11.6 Å². The fraction of sp³-hybridized carbons (Fsp3) is 0.231. The summed E-state index contributed by atoms with van der Waals surface area (Å²) in [5.41, 5.74) is 1.23. The Bertz CT molecular complexity index is 1720. The number of halogens is 1. The molecular weight excluding hydrogens is 541 g/mol. The van der Waals surface area contributed by atoms with Crippen molar-refractivity contribution in [2.24, 2.45) is 0 Å². The van der Waals surface area contributed by atoms with E-state index in [1.54, 1.807) is 19.1 Å². The van der Waals surface area contributed by atoms with Crippen molar-refractivity contribution in [3.63, 3.8) is 0 Å². The molecule has 0 aliphatic heterocycles. The second-order valence-corrected chi connectivity index (χ2v) is 10.3. The number of hydrogen-bond donors (Lipinski definition) is 4. The third kappa shape index (κ3) is 6.05. The molecule has 2 aromatic carbocycles. The Morgan fingerprint density at radius 1 is 1.30 bits per heavy atom. The molecule has 0 spiro atoms. The Kier molecular flexibility index (Phi) is 8.34. The van der Waals surface area contributed by atoms with Crippen molar-refractivity contribution in [2.75, 3.05) is 17.2 Å². The molecule has 0 saturated heterocycles. The fourth-order valence-corrected chi connectivity index (χ4v) is 5.13. The third-order valence-corrected chi connectivity index (χ3v) is 7.32. The molecule has 0 aliphatic rings. The summed E-state index contributed by atoms with van der Waals surface area (Å²) in [5, 5.41) is 21.8. The molecule has 0 fully saturated rings. The van der Waals surface area contributed by atoms with Crippen LogP contribution < -0.4 is 15.8 Å².